The van der Waals surface area contributed by atoms with Crippen molar-refractivity contribution < 1.29 is 4.79 Å². The van der Waals surface area contributed by atoms with E-state index in [1.165, 1.54) is 32.1 Å². The summed E-state index contributed by atoms with van der Waals surface area (Å²) < 4.78 is 0. The Hall–Kier alpha value is -1.49. The van der Waals surface area contributed by atoms with Gasteiger partial charge in [0, 0.05) is 50.1 Å². The van der Waals surface area contributed by atoms with Crippen LogP contribution in [0.2, 0.25) is 0 Å². The van der Waals surface area contributed by atoms with E-state index in [2.05, 4.69) is 20.2 Å². The molecule has 0 bridgehead atoms. The molecule has 2 heterocycles. The molecule has 2 aliphatic rings. The lowest BCUT2D eigenvalue weighted by atomic mass is 9.89. The molecule has 2 fully saturated rings. The molecule has 5 nitrogen and oxygen atoms in total. The first-order valence-corrected chi connectivity index (χ1v) is 8.49. The lowest BCUT2D eigenvalue weighted by Crippen LogP contribution is -2.35. The van der Waals surface area contributed by atoms with Gasteiger partial charge in [-0.3, -0.25) is 4.79 Å². The van der Waals surface area contributed by atoms with Gasteiger partial charge in [-0.25, -0.2) is 9.97 Å². The molecule has 0 unspecified atom stereocenters. The van der Waals surface area contributed by atoms with E-state index in [0.29, 0.717) is 12.3 Å². The highest BCUT2D eigenvalue weighted by Crippen LogP contribution is 2.26. The number of hydrogen-bond acceptors (Lipinski definition) is 4. The number of likely N-dealkylation sites (tertiary alicyclic amines) is 1. The van der Waals surface area contributed by atoms with Crippen molar-refractivity contribution in [2.45, 2.75) is 58.0 Å². The third kappa shape index (κ3) is 4.03. The molecule has 0 spiro atoms. The standard InChI is InChI=1S/C17H26N4O/c1-13-18-8-15(9-19-13)10-20-16-7-17(22)21(12-16)11-14-5-3-2-4-6-14/h8-9,14,16,20H,2-7,10-12H2,1H3/t16-/m1/s1. The first kappa shape index (κ1) is 15.4. The predicted molar refractivity (Wildman–Crippen MR) is 85.2 cm³/mol. The van der Waals surface area contributed by atoms with Crippen molar-refractivity contribution in [3.05, 3.63) is 23.8 Å². The van der Waals surface area contributed by atoms with Crippen molar-refractivity contribution in [3.63, 3.8) is 0 Å². The summed E-state index contributed by atoms with van der Waals surface area (Å²) in [6.45, 7) is 4.43. The highest BCUT2D eigenvalue weighted by Gasteiger charge is 2.30. The molecule has 0 radical (unpaired) electrons. The first-order valence-electron chi connectivity index (χ1n) is 8.49. The molecular formula is C17H26N4O. The fraction of sp³-hybridized carbons (Fsp3) is 0.706. The Morgan fingerprint density at radius 1 is 1.23 bits per heavy atom. The van der Waals surface area contributed by atoms with E-state index >= 15 is 0 Å². The molecular weight excluding hydrogens is 276 g/mol. The topological polar surface area (TPSA) is 58.1 Å². The normalized spacial score (nSPS) is 23.2. The maximum Gasteiger partial charge on any atom is 0.224 e. The Kier molecular flexibility index (Phi) is 5.03. The molecule has 3 rings (SSSR count). The fourth-order valence-electron chi connectivity index (χ4n) is 3.54. The Bertz CT molecular complexity index is 496. The predicted octanol–water partition coefficient (Wildman–Crippen LogP) is 2.06. The van der Waals surface area contributed by atoms with Gasteiger partial charge in [0.2, 0.25) is 5.91 Å². The second-order valence-corrected chi connectivity index (χ2v) is 6.72. The van der Waals surface area contributed by atoms with Crippen LogP contribution in [0.4, 0.5) is 0 Å². The molecule has 5 heteroatoms. The van der Waals surface area contributed by atoms with Crippen LogP contribution in [0.15, 0.2) is 12.4 Å². The summed E-state index contributed by atoms with van der Waals surface area (Å²) in [5.41, 5.74) is 1.07. The summed E-state index contributed by atoms with van der Waals surface area (Å²) >= 11 is 0. The first-order chi connectivity index (χ1) is 10.7. The van der Waals surface area contributed by atoms with Crippen LogP contribution < -0.4 is 5.32 Å². The van der Waals surface area contributed by atoms with Gasteiger partial charge in [-0.2, -0.15) is 0 Å². The van der Waals surface area contributed by atoms with Crippen LogP contribution in [0, 0.1) is 12.8 Å². The highest BCUT2D eigenvalue weighted by molar-refractivity contribution is 5.79. The van der Waals surface area contributed by atoms with E-state index in [9.17, 15) is 4.79 Å². The summed E-state index contributed by atoms with van der Waals surface area (Å²) in [6, 6.07) is 0.261. The molecule has 120 valence electrons. The van der Waals surface area contributed by atoms with E-state index in [0.717, 1.165) is 36.9 Å². The zero-order valence-corrected chi connectivity index (χ0v) is 13.4. The van der Waals surface area contributed by atoms with Crippen LogP contribution in [0.3, 0.4) is 0 Å². The number of carbonyl (C=O) groups excluding carboxylic acids is 1. The summed E-state index contributed by atoms with van der Waals surface area (Å²) in [4.78, 5) is 22.7. The van der Waals surface area contributed by atoms with E-state index < -0.39 is 0 Å². The quantitative estimate of drug-likeness (QED) is 0.904. The van der Waals surface area contributed by atoms with Crippen molar-refractivity contribution in [2.24, 2.45) is 5.92 Å². The van der Waals surface area contributed by atoms with Crippen LogP contribution in [0.25, 0.3) is 0 Å². The molecule has 1 saturated carbocycles. The van der Waals surface area contributed by atoms with Gasteiger partial charge in [0.1, 0.15) is 5.82 Å². The summed E-state index contributed by atoms with van der Waals surface area (Å²) in [7, 11) is 0. The zero-order chi connectivity index (χ0) is 15.4. The lowest BCUT2D eigenvalue weighted by molar-refractivity contribution is -0.128. The number of rotatable bonds is 5. The number of amides is 1. The fourth-order valence-corrected chi connectivity index (χ4v) is 3.54. The van der Waals surface area contributed by atoms with Crippen molar-refractivity contribution in [1.82, 2.24) is 20.2 Å². The van der Waals surface area contributed by atoms with E-state index in [1.54, 1.807) is 0 Å². The minimum Gasteiger partial charge on any atom is -0.341 e. The molecule has 1 aromatic heterocycles. The summed E-state index contributed by atoms with van der Waals surface area (Å²) in [5, 5.41) is 3.47. The molecule has 1 N–H and O–H groups in total. The Balaban J connectivity index is 1.45. The van der Waals surface area contributed by atoms with Gasteiger partial charge in [0.15, 0.2) is 0 Å². The van der Waals surface area contributed by atoms with Gasteiger partial charge >= 0.3 is 0 Å². The second kappa shape index (κ2) is 7.18. The van der Waals surface area contributed by atoms with Crippen molar-refractivity contribution in [3.8, 4) is 0 Å². The Morgan fingerprint density at radius 2 is 1.95 bits per heavy atom. The van der Waals surface area contributed by atoms with Gasteiger partial charge in [-0.05, 0) is 25.7 Å². The monoisotopic (exact) mass is 302 g/mol. The molecule has 1 saturated heterocycles. The van der Waals surface area contributed by atoms with E-state index in [-0.39, 0.29) is 6.04 Å². The minimum atomic E-state index is 0.261. The largest absolute Gasteiger partial charge is 0.341 e. The van der Waals surface area contributed by atoms with Gasteiger partial charge in [-0.15, -0.1) is 0 Å². The highest BCUT2D eigenvalue weighted by atomic mass is 16.2. The summed E-state index contributed by atoms with van der Waals surface area (Å²) in [6.07, 6.45) is 11.0. The number of aryl methyl sites for hydroxylation is 1. The van der Waals surface area contributed by atoms with Crippen LogP contribution in [-0.2, 0) is 11.3 Å². The second-order valence-electron chi connectivity index (χ2n) is 6.72. The molecule has 0 aromatic carbocycles. The average molecular weight is 302 g/mol. The number of nitrogens with one attached hydrogen (secondary N) is 1. The van der Waals surface area contributed by atoms with Crippen LogP contribution in [-0.4, -0.2) is 39.9 Å². The number of hydrogen-bond donors (Lipinski definition) is 1. The average Bonchev–Trinajstić information content (AvgIpc) is 2.88. The van der Waals surface area contributed by atoms with Crippen LogP contribution in [0.5, 0.6) is 0 Å². The molecule has 1 amide bonds. The maximum absolute atomic E-state index is 12.2. The molecule has 1 aromatic rings. The zero-order valence-electron chi connectivity index (χ0n) is 13.4. The van der Waals surface area contributed by atoms with Crippen molar-refractivity contribution in [2.75, 3.05) is 13.1 Å². The Labute approximate surface area is 132 Å². The van der Waals surface area contributed by atoms with Crippen LogP contribution >= 0.6 is 0 Å². The third-order valence-electron chi connectivity index (χ3n) is 4.85. The van der Waals surface area contributed by atoms with E-state index in [1.807, 2.05) is 19.3 Å². The van der Waals surface area contributed by atoms with E-state index in [4.69, 9.17) is 0 Å². The maximum atomic E-state index is 12.2. The van der Waals surface area contributed by atoms with Gasteiger partial charge in [-0.1, -0.05) is 19.3 Å². The van der Waals surface area contributed by atoms with Gasteiger partial charge in [0.05, 0.1) is 0 Å². The molecule has 1 atom stereocenters. The van der Waals surface area contributed by atoms with Gasteiger partial charge in [0.25, 0.3) is 0 Å². The lowest BCUT2D eigenvalue weighted by Gasteiger charge is -2.27. The smallest absolute Gasteiger partial charge is 0.224 e. The van der Waals surface area contributed by atoms with Crippen LogP contribution in [0.1, 0.15) is 49.9 Å². The minimum absolute atomic E-state index is 0.261. The van der Waals surface area contributed by atoms with Crippen molar-refractivity contribution >= 4 is 5.91 Å². The third-order valence-corrected chi connectivity index (χ3v) is 4.85. The SMILES string of the molecule is Cc1ncc(CN[C@@H]2CC(=O)N(CC3CCCCC3)C2)cn1. The van der Waals surface area contributed by atoms with Crippen molar-refractivity contribution in [1.29, 1.82) is 0 Å². The molecule has 1 aliphatic carbocycles. The summed E-state index contributed by atoms with van der Waals surface area (Å²) in [5.74, 6) is 1.82. The van der Waals surface area contributed by atoms with Gasteiger partial charge < -0.3 is 10.2 Å². The molecule has 22 heavy (non-hydrogen) atoms. The number of nitrogens with zero attached hydrogens (tertiary/aromatic N) is 3. The Morgan fingerprint density at radius 3 is 2.68 bits per heavy atom. The number of aromatic nitrogens is 2. The number of carbonyl (C=O) groups is 1. The molecule has 1 aliphatic heterocycles.